The second-order valence-corrected chi connectivity index (χ2v) is 7.00. The Kier molecular flexibility index (Phi) is 3.46. The molecule has 1 fully saturated rings. The molecule has 7 heteroatoms. The van der Waals surface area contributed by atoms with Crippen molar-refractivity contribution in [2.45, 2.75) is 37.3 Å². The molecule has 112 valence electrons. The van der Waals surface area contributed by atoms with Crippen LogP contribution in [0.25, 0.3) is 0 Å². The Bertz CT molecular complexity index is 764. The molecule has 2 aromatic rings. The molecule has 2 heterocycles. The van der Waals surface area contributed by atoms with Crippen molar-refractivity contribution in [3.63, 3.8) is 0 Å². The van der Waals surface area contributed by atoms with Crippen LogP contribution in [0.4, 0.5) is 5.69 Å². The summed E-state index contributed by atoms with van der Waals surface area (Å²) in [7, 11) is -3.67. The Labute approximate surface area is 123 Å². The van der Waals surface area contributed by atoms with Crippen molar-refractivity contribution in [1.29, 1.82) is 0 Å². The predicted molar refractivity (Wildman–Crippen MR) is 78.4 cm³/mol. The van der Waals surface area contributed by atoms with Crippen molar-refractivity contribution in [3.8, 4) is 0 Å². The van der Waals surface area contributed by atoms with Crippen molar-refractivity contribution in [3.05, 3.63) is 42.0 Å². The van der Waals surface area contributed by atoms with Gasteiger partial charge in [0.05, 0.1) is 18.5 Å². The fraction of sp³-hybridized carbons (Fsp3) is 0.357. The Balaban J connectivity index is 1.91. The summed E-state index contributed by atoms with van der Waals surface area (Å²) in [6, 6.07) is 3.55. The minimum atomic E-state index is -3.67. The number of hydrogen-bond donors (Lipinski definition) is 2. The van der Waals surface area contributed by atoms with E-state index in [0.29, 0.717) is 17.4 Å². The van der Waals surface area contributed by atoms with Gasteiger partial charge in [0.1, 0.15) is 4.90 Å². The number of anilines is 1. The minimum Gasteiger partial charge on any atom is -0.390 e. The highest BCUT2D eigenvalue weighted by Gasteiger charge is 2.28. The molecule has 1 aliphatic carbocycles. The molecule has 6 nitrogen and oxygen atoms in total. The van der Waals surface area contributed by atoms with E-state index in [9.17, 15) is 13.5 Å². The van der Waals surface area contributed by atoms with E-state index in [0.717, 1.165) is 18.4 Å². The van der Waals surface area contributed by atoms with Gasteiger partial charge in [0.15, 0.2) is 0 Å². The molecule has 1 saturated carbocycles. The van der Waals surface area contributed by atoms with E-state index < -0.39 is 10.0 Å². The fourth-order valence-electron chi connectivity index (χ4n) is 2.29. The highest BCUT2D eigenvalue weighted by Crippen LogP contribution is 2.37. The van der Waals surface area contributed by atoms with Crippen LogP contribution >= 0.6 is 0 Å². The molecular formula is C14H17N3O3S. The molecule has 0 aromatic carbocycles. The fourth-order valence-corrected chi connectivity index (χ4v) is 3.37. The largest absolute Gasteiger partial charge is 0.390 e. The summed E-state index contributed by atoms with van der Waals surface area (Å²) in [4.78, 5) is 4.13. The molecular weight excluding hydrogens is 290 g/mol. The molecule has 21 heavy (non-hydrogen) atoms. The molecule has 2 aromatic heterocycles. The van der Waals surface area contributed by atoms with Gasteiger partial charge in [-0.3, -0.25) is 9.71 Å². The summed E-state index contributed by atoms with van der Waals surface area (Å²) in [6.45, 7) is 1.68. The Morgan fingerprint density at radius 3 is 2.76 bits per heavy atom. The number of aromatic nitrogens is 2. The molecule has 0 amide bonds. The van der Waals surface area contributed by atoms with Crippen molar-refractivity contribution in [2.75, 3.05) is 4.72 Å². The third kappa shape index (κ3) is 2.93. The van der Waals surface area contributed by atoms with Crippen LogP contribution in [-0.2, 0) is 16.6 Å². The number of sulfonamides is 1. The van der Waals surface area contributed by atoms with Crippen LogP contribution in [0.3, 0.4) is 0 Å². The van der Waals surface area contributed by atoms with E-state index in [-0.39, 0.29) is 11.5 Å². The molecule has 3 rings (SSSR count). The normalized spacial score (nSPS) is 15.1. The molecule has 0 spiro atoms. The van der Waals surface area contributed by atoms with Crippen LogP contribution in [-0.4, -0.2) is 23.1 Å². The number of rotatable bonds is 5. The zero-order chi connectivity index (χ0) is 15.0. The Hall–Kier alpha value is -1.86. The molecule has 1 aliphatic rings. The topological polar surface area (TPSA) is 84.2 Å². The quantitative estimate of drug-likeness (QED) is 0.882. The van der Waals surface area contributed by atoms with Gasteiger partial charge in [-0.25, -0.2) is 8.42 Å². The monoisotopic (exact) mass is 307 g/mol. The average Bonchev–Trinajstić information content (AvgIpc) is 3.16. The smallest absolute Gasteiger partial charge is 0.263 e. The second-order valence-electron chi connectivity index (χ2n) is 5.32. The average molecular weight is 307 g/mol. The highest BCUT2D eigenvalue weighted by molar-refractivity contribution is 7.92. The van der Waals surface area contributed by atoms with Gasteiger partial charge in [0.2, 0.25) is 0 Å². The van der Waals surface area contributed by atoms with Crippen molar-refractivity contribution < 1.29 is 13.5 Å². The van der Waals surface area contributed by atoms with Crippen LogP contribution in [0.5, 0.6) is 0 Å². The third-order valence-electron chi connectivity index (χ3n) is 3.45. The van der Waals surface area contributed by atoms with E-state index >= 15 is 0 Å². The zero-order valence-corrected chi connectivity index (χ0v) is 12.5. The summed E-state index contributed by atoms with van der Waals surface area (Å²) in [5.74, 6) is 0. The standard InChI is InChI=1S/C14H17N3O3S/c1-10-4-11(7-15-6-10)16-21(19,20)14-5-13(9-18)17(8-14)12-2-3-12/h4-8,12,16,18H,2-3,9H2,1H3. The first-order valence-electron chi connectivity index (χ1n) is 6.75. The van der Waals surface area contributed by atoms with Gasteiger partial charge in [-0.2, -0.15) is 0 Å². The van der Waals surface area contributed by atoms with Crippen LogP contribution < -0.4 is 4.72 Å². The molecule has 0 atom stereocenters. The summed E-state index contributed by atoms with van der Waals surface area (Å²) < 4.78 is 29.2. The molecule has 0 bridgehead atoms. The lowest BCUT2D eigenvalue weighted by Gasteiger charge is -2.06. The lowest BCUT2D eigenvalue weighted by molar-refractivity contribution is 0.270. The number of nitrogens with one attached hydrogen (secondary N) is 1. The van der Waals surface area contributed by atoms with Gasteiger partial charge < -0.3 is 9.67 Å². The second kappa shape index (κ2) is 5.16. The van der Waals surface area contributed by atoms with Crippen LogP contribution in [0.1, 0.15) is 30.1 Å². The lowest BCUT2D eigenvalue weighted by atomic mass is 10.3. The first-order valence-corrected chi connectivity index (χ1v) is 8.24. The maximum absolute atomic E-state index is 12.4. The Morgan fingerprint density at radius 2 is 2.14 bits per heavy atom. The first kappa shape index (κ1) is 14.1. The van der Waals surface area contributed by atoms with E-state index in [2.05, 4.69) is 9.71 Å². The maximum atomic E-state index is 12.4. The van der Waals surface area contributed by atoms with Crippen LogP contribution in [0.2, 0.25) is 0 Å². The summed E-state index contributed by atoms with van der Waals surface area (Å²) in [6.07, 6.45) is 6.77. The zero-order valence-electron chi connectivity index (χ0n) is 11.7. The number of aliphatic hydroxyl groups is 1. The molecule has 0 radical (unpaired) electrons. The van der Waals surface area contributed by atoms with E-state index in [1.165, 1.54) is 12.3 Å². The van der Waals surface area contributed by atoms with Gasteiger partial charge in [-0.05, 0) is 37.5 Å². The van der Waals surface area contributed by atoms with E-state index in [4.69, 9.17) is 0 Å². The number of hydrogen-bond acceptors (Lipinski definition) is 4. The Morgan fingerprint density at radius 1 is 1.38 bits per heavy atom. The van der Waals surface area contributed by atoms with Crippen molar-refractivity contribution >= 4 is 15.7 Å². The first-order chi connectivity index (χ1) is 9.99. The number of aliphatic hydroxyl groups excluding tert-OH is 1. The van der Waals surface area contributed by atoms with E-state index in [1.807, 2.05) is 11.5 Å². The van der Waals surface area contributed by atoms with Crippen molar-refractivity contribution in [1.82, 2.24) is 9.55 Å². The highest BCUT2D eigenvalue weighted by atomic mass is 32.2. The molecule has 0 aliphatic heterocycles. The van der Waals surface area contributed by atoms with Gasteiger partial charge in [-0.1, -0.05) is 0 Å². The predicted octanol–water partition coefficient (Wildman–Crippen LogP) is 1.82. The SMILES string of the molecule is Cc1cncc(NS(=O)(=O)c2cc(CO)n(C3CC3)c2)c1. The molecule has 2 N–H and O–H groups in total. The number of pyridine rings is 1. The number of aryl methyl sites for hydroxylation is 1. The molecule has 0 saturated heterocycles. The van der Waals surface area contributed by atoms with Crippen LogP contribution in [0.15, 0.2) is 35.6 Å². The van der Waals surface area contributed by atoms with Gasteiger partial charge in [0.25, 0.3) is 10.0 Å². The number of nitrogens with zero attached hydrogens (tertiary/aromatic N) is 2. The van der Waals surface area contributed by atoms with Crippen LogP contribution in [0, 0.1) is 6.92 Å². The third-order valence-corrected chi connectivity index (χ3v) is 4.79. The van der Waals surface area contributed by atoms with E-state index in [1.54, 1.807) is 18.5 Å². The summed E-state index contributed by atoms with van der Waals surface area (Å²) in [5.41, 5.74) is 1.93. The summed E-state index contributed by atoms with van der Waals surface area (Å²) in [5, 5.41) is 9.35. The van der Waals surface area contributed by atoms with Gasteiger partial charge in [-0.15, -0.1) is 0 Å². The minimum absolute atomic E-state index is 0.167. The maximum Gasteiger partial charge on any atom is 0.263 e. The lowest BCUT2D eigenvalue weighted by Crippen LogP contribution is -2.12. The van der Waals surface area contributed by atoms with Gasteiger partial charge >= 0.3 is 0 Å². The van der Waals surface area contributed by atoms with Gasteiger partial charge in [0, 0.05) is 24.1 Å². The summed E-state index contributed by atoms with van der Waals surface area (Å²) >= 11 is 0. The molecule has 0 unspecified atom stereocenters. The van der Waals surface area contributed by atoms with Crippen molar-refractivity contribution in [2.24, 2.45) is 0 Å².